The van der Waals surface area contributed by atoms with Crippen molar-refractivity contribution in [2.24, 2.45) is 0 Å². The first-order valence-electron chi connectivity index (χ1n) is 9.10. The lowest BCUT2D eigenvalue weighted by Crippen LogP contribution is -2.49. The summed E-state index contributed by atoms with van der Waals surface area (Å²) >= 11 is 0. The molecule has 0 spiro atoms. The number of hydrogen-bond acceptors (Lipinski definition) is 3. The van der Waals surface area contributed by atoms with Gasteiger partial charge in [0.2, 0.25) is 0 Å². The Balaban J connectivity index is 1.35. The number of pyridine rings is 1. The van der Waals surface area contributed by atoms with Crippen LogP contribution in [-0.4, -0.2) is 27.7 Å². The number of para-hydroxylation sites is 1. The van der Waals surface area contributed by atoms with Crippen molar-refractivity contribution < 1.29 is 9.53 Å². The van der Waals surface area contributed by atoms with Gasteiger partial charge in [-0.05, 0) is 29.7 Å². The minimum atomic E-state index is -0.0720. The van der Waals surface area contributed by atoms with E-state index in [1.165, 1.54) is 5.56 Å². The van der Waals surface area contributed by atoms with Gasteiger partial charge in [-0.3, -0.25) is 4.79 Å². The zero-order valence-corrected chi connectivity index (χ0v) is 15.1. The van der Waals surface area contributed by atoms with Gasteiger partial charge in [0.25, 0.3) is 5.91 Å². The average Bonchev–Trinajstić information content (AvgIpc) is 3.04. The van der Waals surface area contributed by atoms with E-state index in [9.17, 15) is 4.79 Å². The summed E-state index contributed by atoms with van der Waals surface area (Å²) in [5.74, 6) is 1.31. The molecule has 3 aromatic rings. The van der Waals surface area contributed by atoms with E-state index >= 15 is 0 Å². The molecule has 1 N–H and O–H groups in total. The van der Waals surface area contributed by atoms with Gasteiger partial charge in [0.15, 0.2) is 0 Å². The molecule has 1 aromatic carbocycles. The van der Waals surface area contributed by atoms with Crippen LogP contribution in [0.1, 0.15) is 48.5 Å². The Labute approximate surface area is 153 Å². The Hall–Kier alpha value is -2.82. The van der Waals surface area contributed by atoms with Gasteiger partial charge >= 0.3 is 0 Å². The Morgan fingerprint density at radius 2 is 1.96 bits per heavy atom. The summed E-state index contributed by atoms with van der Waals surface area (Å²) in [4.78, 5) is 12.5. The van der Waals surface area contributed by atoms with Crippen molar-refractivity contribution >= 4 is 11.4 Å². The smallest absolute Gasteiger partial charge is 0.255 e. The van der Waals surface area contributed by atoms with Crippen LogP contribution in [0.3, 0.4) is 0 Å². The number of rotatable bonds is 5. The van der Waals surface area contributed by atoms with Crippen molar-refractivity contribution in [3.05, 3.63) is 66.0 Å². The standard InChI is InChI=1S/C21H23N3O2/c1-14(2)17-7-3-4-9-20(17)26-16-11-15(12-16)23-21(25)18-13-22-24-10-6-5-8-19(18)24/h3-10,13-16H,11-12H2,1-2H3,(H,23,25). The number of amides is 1. The monoisotopic (exact) mass is 349 g/mol. The molecule has 1 amide bonds. The van der Waals surface area contributed by atoms with Crippen molar-refractivity contribution in [1.29, 1.82) is 0 Å². The fourth-order valence-electron chi connectivity index (χ4n) is 3.40. The molecule has 1 saturated carbocycles. The third-order valence-electron chi connectivity index (χ3n) is 4.94. The Kier molecular flexibility index (Phi) is 4.37. The van der Waals surface area contributed by atoms with Crippen LogP contribution in [-0.2, 0) is 0 Å². The molecule has 0 radical (unpaired) electrons. The first-order chi connectivity index (χ1) is 12.6. The normalized spacial score (nSPS) is 19.3. The van der Waals surface area contributed by atoms with Crippen molar-refractivity contribution in [2.75, 3.05) is 0 Å². The number of carbonyl (C=O) groups is 1. The molecular weight excluding hydrogens is 326 g/mol. The minimum absolute atomic E-state index is 0.0720. The maximum atomic E-state index is 12.5. The van der Waals surface area contributed by atoms with Crippen LogP contribution in [0.4, 0.5) is 0 Å². The minimum Gasteiger partial charge on any atom is -0.490 e. The van der Waals surface area contributed by atoms with E-state index in [-0.39, 0.29) is 18.1 Å². The molecule has 5 nitrogen and oxygen atoms in total. The molecule has 0 aliphatic heterocycles. The molecule has 0 saturated heterocycles. The van der Waals surface area contributed by atoms with Crippen LogP contribution < -0.4 is 10.1 Å². The van der Waals surface area contributed by atoms with E-state index in [1.54, 1.807) is 10.7 Å². The number of nitrogens with one attached hydrogen (secondary N) is 1. The molecule has 0 atom stereocenters. The number of carbonyl (C=O) groups excluding carboxylic acids is 1. The van der Waals surface area contributed by atoms with E-state index in [0.29, 0.717) is 11.5 Å². The van der Waals surface area contributed by atoms with Gasteiger partial charge in [-0.25, -0.2) is 4.52 Å². The zero-order chi connectivity index (χ0) is 18.1. The average molecular weight is 349 g/mol. The summed E-state index contributed by atoms with van der Waals surface area (Å²) in [6, 6.07) is 14.0. The van der Waals surface area contributed by atoms with Gasteiger partial charge in [-0.1, -0.05) is 38.1 Å². The van der Waals surface area contributed by atoms with E-state index in [1.807, 2.05) is 42.6 Å². The van der Waals surface area contributed by atoms with Crippen LogP contribution >= 0.6 is 0 Å². The van der Waals surface area contributed by atoms with Crippen LogP contribution in [0.15, 0.2) is 54.9 Å². The molecule has 5 heteroatoms. The maximum absolute atomic E-state index is 12.5. The Bertz CT molecular complexity index is 926. The summed E-state index contributed by atoms with van der Waals surface area (Å²) < 4.78 is 7.86. The van der Waals surface area contributed by atoms with Gasteiger partial charge in [0, 0.05) is 25.1 Å². The van der Waals surface area contributed by atoms with Crippen LogP contribution in [0, 0.1) is 0 Å². The maximum Gasteiger partial charge on any atom is 0.255 e. The van der Waals surface area contributed by atoms with E-state index in [2.05, 4.69) is 30.3 Å². The lowest BCUT2D eigenvalue weighted by atomic mass is 9.88. The molecule has 0 bridgehead atoms. The fraction of sp³-hybridized carbons (Fsp3) is 0.333. The second-order valence-corrected chi connectivity index (χ2v) is 7.16. The predicted octanol–water partition coefficient (Wildman–Crippen LogP) is 3.80. The predicted molar refractivity (Wildman–Crippen MR) is 101 cm³/mol. The molecule has 2 aromatic heterocycles. The molecule has 1 aliphatic carbocycles. The van der Waals surface area contributed by atoms with Crippen molar-refractivity contribution in [3.8, 4) is 5.75 Å². The number of hydrogen-bond donors (Lipinski definition) is 1. The highest BCUT2D eigenvalue weighted by Gasteiger charge is 2.33. The molecular formula is C21H23N3O2. The summed E-state index contributed by atoms with van der Waals surface area (Å²) in [7, 11) is 0. The second-order valence-electron chi connectivity index (χ2n) is 7.16. The molecule has 1 fully saturated rings. The quantitative estimate of drug-likeness (QED) is 0.762. The van der Waals surface area contributed by atoms with E-state index in [0.717, 1.165) is 24.1 Å². The number of ether oxygens (including phenoxy) is 1. The molecule has 4 rings (SSSR count). The molecule has 2 heterocycles. The van der Waals surface area contributed by atoms with Crippen LogP contribution in [0.25, 0.3) is 5.52 Å². The highest BCUT2D eigenvalue weighted by molar-refractivity contribution is 6.00. The first-order valence-corrected chi connectivity index (χ1v) is 9.10. The van der Waals surface area contributed by atoms with Gasteiger partial charge < -0.3 is 10.1 Å². The summed E-state index contributed by atoms with van der Waals surface area (Å²) in [6.07, 6.45) is 5.28. The topological polar surface area (TPSA) is 55.6 Å². The summed E-state index contributed by atoms with van der Waals surface area (Å²) in [5, 5.41) is 7.31. The largest absolute Gasteiger partial charge is 0.490 e. The number of nitrogens with zero attached hydrogens (tertiary/aromatic N) is 2. The van der Waals surface area contributed by atoms with Crippen molar-refractivity contribution in [3.63, 3.8) is 0 Å². The fourth-order valence-corrected chi connectivity index (χ4v) is 3.40. The Morgan fingerprint density at radius 1 is 1.19 bits per heavy atom. The summed E-state index contributed by atoms with van der Waals surface area (Å²) in [5.41, 5.74) is 2.66. The number of aromatic nitrogens is 2. The summed E-state index contributed by atoms with van der Waals surface area (Å²) in [6.45, 7) is 4.34. The van der Waals surface area contributed by atoms with Crippen LogP contribution in [0.5, 0.6) is 5.75 Å². The highest BCUT2D eigenvalue weighted by atomic mass is 16.5. The first kappa shape index (κ1) is 16.6. The molecule has 134 valence electrons. The Morgan fingerprint density at radius 3 is 2.77 bits per heavy atom. The highest BCUT2D eigenvalue weighted by Crippen LogP contribution is 2.31. The van der Waals surface area contributed by atoms with E-state index in [4.69, 9.17) is 4.74 Å². The van der Waals surface area contributed by atoms with Gasteiger partial charge in [-0.2, -0.15) is 5.10 Å². The van der Waals surface area contributed by atoms with E-state index < -0.39 is 0 Å². The van der Waals surface area contributed by atoms with Crippen molar-refractivity contribution in [2.45, 2.75) is 44.8 Å². The van der Waals surface area contributed by atoms with Crippen molar-refractivity contribution in [1.82, 2.24) is 14.9 Å². The van der Waals surface area contributed by atoms with Gasteiger partial charge in [0.05, 0.1) is 17.3 Å². The lowest BCUT2D eigenvalue weighted by molar-refractivity contribution is 0.0696. The number of fused-ring (bicyclic) bond motifs is 1. The number of benzene rings is 1. The lowest BCUT2D eigenvalue weighted by Gasteiger charge is -2.36. The van der Waals surface area contributed by atoms with Gasteiger partial charge in [0.1, 0.15) is 11.9 Å². The third-order valence-corrected chi connectivity index (χ3v) is 4.94. The molecule has 26 heavy (non-hydrogen) atoms. The zero-order valence-electron chi connectivity index (χ0n) is 15.1. The van der Waals surface area contributed by atoms with Crippen LogP contribution in [0.2, 0.25) is 0 Å². The molecule has 0 unspecified atom stereocenters. The van der Waals surface area contributed by atoms with Gasteiger partial charge in [-0.15, -0.1) is 0 Å². The second kappa shape index (κ2) is 6.83. The third kappa shape index (κ3) is 3.17. The SMILES string of the molecule is CC(C)c1ccccc1OC1CC(NC(=O)c2cnn3ccccc23)C1. The molecule has 1 aliphatic rings.